The van der Waals surface area contributed by atoms with Crippen LogP contribution in [0.25, 0.3) is 10.9 Å². The van der Waals surface area contributed by atoms with Gasteiger partial charge in [0.25, 0.3) is 5.91 Å². The lowest BCUT2D eigenvalue weighted by Crippen LogP contribution is -2.10. The van der Waals surface area contributed by atoms with Gasteiger partial charge in [0.15, 0.2) is 0 Å². The van der Waals surface area contributed by atoms with Gasteiger partial charge in [-0.15, -0.1) is 11.3 Å². The first kappa shape index (κ1) is 14.4. The fraction of sp³-hybridized carbons (Fsp3) is 0.263. The fourth-order valence-corrected chi connectivity index (χ4v) is 4.31. The number of anilines is 1. The lowest BCUT2D eigenvalue weighted by molar-refractivity contribution is 0.103. The van der Waals surface area contributed by atoms with E-state index in [-0.39, 0.29) is 5.91 Å². The highest BCUT2D eigenvalue weighted by molar-refractivity contribution is 7.14. The van der Waals surface area contributed by atoms with Crippen LogP contribution < -0.4 is 5.32 Å². The summed E-state index contributed by atoms with van der Waals surface area (Å²) in [7, 11) is 0. The lowest BCUT2D eigenvalue weighted by Gasteiger charge is -2.16. The molecule has 3 aromatic rings. The Morgan fingerprint density at radius 2 is 2.17 bits per heavy atom. The molecule has 23 heavy (non-hydrogen) atoms. The molecule has 1 aliphatic rings. The predicted molar refractivity (Wildman–Crippen MR) is 95.2 cm³/mol. The van der Waals surface area contributed by atoms with Gasteiger partial charge in [-0.3, -0.25) is 9.78 Å². The number of rotatable bonds is 2. The van der Waals surface area contributed by atoms with Gasteiger partial charge < -0.3 is 5.32 Å². The van der Waals surface area contributed by atoms with Crippen LogP contribution in [0.1, 0.15) is 33.5 Å². The molecule has 0 radical (unpaired) electrons. The van der Waals surface area contributed by atoms with Gasteiger partial charge in [-0.05, 0) is 48.9 Å². The number of para-hydroxylation sites is 1. The highest BCUT2D eigenvalue weighted by Crippen LogP contribution is 2.32. The van der Waals surface area contributed by atoms with Crippen molar-refractivity contribution in [3.8, 4) is 0 Å². The Morgan fingerprint density at radius 1 is 1.30 bits per heavy atom. The topological polar surface area (TPSA) is 42.0 Å². The molecule has 116 valence electrons. The number of hydrogen-bond acceptors (Lipinski definition) is 3. The third-order valence-electron chi connectivity index (χ3n) is 4.43. The summed E-state index contributed by atoms with van der Waals surface area (Å²) in [5, 5.41) is 4.06. The monoisotopic (exact) mass is 322 g/mol. The normalized spacial score (nSPS) is 17.0. The van der Waals surface area contributed by atoms with Gasteiger partial charge >= 0.3 is 0 Å². The second kappa shape index (κ2) is 5.78. The van der Waals surface area contributed by atoms with Gasteiger partial charge in [-0.2, -0.15) is 0 Å². The van der Waals surface area contributed by atoms with Gasteiger partial charge in [0.2, 0.25) is 0 Å². The zero-order valence-corrected chi connectivity index (χ0v) is 13.8. The number of nitrogens with one attached hydrogen (secondary N) is 1. The largest absolute Gasteiger partial charge is 0.319 e. The average molecular weight is 322 g/mol. The van der Waals surface area contributed by atoms with Crippen LogP contribution in [-0.4, -0.2) is 10.9 Å². The van der Waals surface area contributed by atoms with Crippen LogP contribution >= 0.6 is 11.3 Å². The molecule has 0 fully saturated rings. The molecule has 3 nitrogen and oxygen atoms in total. The van der Waals surface area contributed by atoms with Crippen LogP contribution in [0.5, 0.6) is 0 Å². The van der Waals surface area contributed by atoms with Crippen molar-refractivity contribution < 1.29 is 4.79 Å². The summed E-state index contributed by atoms with van der Waals surface area (Å²) in [5.41, 5.74) is 2.96. The van der Waals surface area contributed by atoms with Crippen molar-refractivity contribution in [2.45, 2.75) is 26.2 Å². The van der Waals surface area contributed by atoms with E-state index in [2.05, 4.69) is 23.3 Å². The van der Waals surface area contributed by atoms with Gasteiger partial charge in [-0.1, -0.05) is 25.1 Å². The average Bonchev–Trinajstić information content (AvgIpc) is 2.98. The summed E-state index contributed by atoms with van der Waals surface area (Å²) < 4.78 is 0. The molecular formula is C19H18N2OS. The number of amides is 1. The Kier molecular flexibility index (Phi) is 3.62. The van der Waals surface area contributed by atoms with Gasteiger partial charge in [0.1, 0.15) is 0 Å². The fourth-order valence-electron chi connectivity index (χ4n) is 3.21. The van der Waals surface area contributed by atoms with Gasteiger partial charge in [-0.25, -0.2) is 0 Å². The SMILES string of the molecule is C[C@H]1CCc2sc(C(=O)Nc3cccc4cccnc34)cc2C1. The number of hydrogen-bond donors (Lipinski definition) is 1. The number of nitrogens with zero attached hydrogens (tertiary/aromatic N) is 1. The zero-order valence-electron chi connectivity index (χ0n) is 13.0. The molecule has 0 bridgehead atoms. The van der Waals surface area contributed by atoms with Gasteiger partial charge in [0.05, 0.1) is 16.1 Å². The quantitative estimate of drug-likeness (QED) is 0.745. The minimum Gasteiger partial charge on any atom is -0.319 e. The molecular weight excluding hydrogens is 304 g/mol. The highest BCUT2D eigenvalue weighted by Gasteiger charge is 2.21. The van der Waals surface area contributed by atoms with E-state index in [1.807, 2.05) is 30.3 Å². The van der Waals surface area contributed by atoms with Gasteiger partial charge in [0, 0.05) is 16.5 Å². The number of aryl methyl sites for hydroxylation is 1. The minimum atomic E-state index is -0.0322. The summed E-state index contributed by atoms with van der Waals surface area (Å²) >= 11 is 1.64. The van der Waals surface area contributed by atoms with E-state index < -0.39 is 0 Å². The maximum Gasteiger partial charge on any atom is 0.265 e. The maximum atomic E-state index is 12.6. The van der Waals surface area contributed by atoms with Crippen molar-refractivity contribution in [2.24, 2.45) is 5.92 Å². The molecule has 1 aromatic carbocycles. The maximum absolute atomic E-state index is 12.6. The molecule has 0 saturated carbocycles. The smallest absolute Gasteiger partial charge is 0.265 e. The van der Waals surface area contributed by atoms with Crippen molar-refractivity contribution in [1.29, 1.82) is 0 Å². The van der Waals surface area contributed by atoms with E-state index in [1.165, 1.54) is 16.9 Å². The molecule has 0 aliphatic heterocycles. The lowest BCUT2D eigenvalue weighted by atomic mass is 9.90. The van der Waals surface area contributed by atoms with Crippen LogP contribution in [0.3, 0.4) is 0 Å². The number of fused-ring (bicyclic) bond motifs is 2. The standard InChI is InChI=1S/C19H18N2OS/c1-12-7-8-16-14(10-12)11-17(23-16)19(22)21-15-6-2-4-13-5-3-9-20-18(13)15/h2-6,9,11-12H,7-8,10H2,1H3,(H,21,22)/t12-/m0/s1. The second-order valence-electron chi connectivity index (χ2n) is 6.24. The van der Waals surface area contributed by atoms with Crippen LogP contribution in [-0.2, 0) is 12.8 Å². The van der Waals surface area contributed by atoms with Crippen molar-refractivity contribution in [3.63, 3.8) is 0 Å². The first-order chi connectivity index (χ1) is 11.2. The number of aromatic nitrogens is 1. The van der Waals surface area contributed by atoms with Crippen LogP contribution in [0, 0.1) is 5.92 Å². The van der Waals surface area contributed by atoms with E-state index in [0.717, 1.165) is 40.2 Å². The Morgan fingerprint density at radius 3 is 3.09 bits per heavy atom. The molecule has 0 spiro atoms. The Balaban J connectivity index is 1.63. The molecule has 1 atom stereocenters. The molecule has 2 heterocycles. The summed E-state index contributed by atoms with van der Waals surface area (Å²) in [6.45, 7) is 2.28. The number of pyridine rings is 1. The van der Waals surface area contributed by atoms with E-state index in [1.54, 1.807) is 17.5 Å². The van der Waals surface area contributed by atoms with Crippen LogP contribution in [0.2, 0.25) is 0 Å². The summed E-state index contributed by atoms with van der Waals surface area (Å²) in [6, 6.07) is 11.8. The van der Waals surface area contributed by atoms with Crippen molar-refractivity contribution >= 4 is 33.8 Å². The Bertz CT molecular complexity index is 879. The van der Waals surface area contributed by atoms with Crippen molar-refractivity contribution in [1.82, 2.24) is 4.98 Å². The van der Waals surface area contributed by atoms with Crippen molar-refractivity contribution in [3.05, 3.63) is 57.9 Å². The van der Waals surface area contributed by atoms with E-state index >= 15 is 0 Å². The molecule has 1 amide bonds. The third-order valence-corrected chi connectivity index (χ3v) is 5.67. The molecule has 2 aromatic heterocycles. The highest BCUT2D eigenvalue weighted by atomic mass is 32.1. The number of carbonyl (C=O) groups is 1. The van der Waals surface area contributed by atoms with E-state index in [9.17, 15) is 4.79 Å². The third kappa shape index (κ3) is 2.75. The molecule has 0 saturated heterocycles. The van der Waals surface area contributed by atoms with E-state index in [0.29, 0.717) is 0 Å². The summed E-state index contributed by atoms with van der Waals surface area (Å²) in [5.74, 6) is 0.686. The van der Waals surface area contributed by atoms with Crippen LogP contribution in [0.15, 0.2) is 42.6 Å². The molecule has 0 unspecified atom stereocenters. The number of thiophene rings is 1. The summed E-state index contributed by atoms with van der Waals surface area (Å²) in [4.78, 5) is 19.2. The zero-order chi connectivity index (χ0) is 15.8. The minimum absolute atomic E-state index is 0.0322. The Hall–Kier alpha value is -2.20. The summed E-state index contributed by atoms with van der Waals surface area (Å²) in [6.07, 6.45) is 5.17. The number of carbonyl (C=O) groups excluding carboxylic acids is 1. The first-order valence-corrected chi connectivity index (χ1v) is 8.79. The molecule has 4 heteroatoms. The molecule has 4 rings (SSSR count). The number of benzene rings is 1. The van der Waals surface area contributed by atoms with Crippen LogP contribution in [0.4, 0.5) is 5.69 Å². The predicted octanol–water partition coefficient (Wildman–Crippen LogP) is 4.67. The molecule has 1 N–H and O–H groups in total. The Labute approximate surface area is 139 Å². The second-order valence-corrected chi connectivity index (χ2v) is 7.38. The molecule has 1 aliphatic carbocycles. The first-order valence-electron chi connectivity index (χ1n) is 7.97. The van der Waals surface area contributed by atoms with Crippen molar-refractivity contribution in [2.75, 3.05) is 5.32 Å². The van der Waals surface area contributed by atoms with E-state index in [4.69, 9.17) is 0 Å².